The molecule has 21 heavy (non-hydrogen) atoms. The lowest BCUT2D eigenvalue weighted by atomic mass is 9.86. The van der Waals surface area contributed by atoms with Gasteiger partial charge < -0.3 is 9.47 Å². The number of esters is 1. The van der Waals surface area contributed by atoms with Crippen LogP contribution >= 0.6 is 0 Å². The normalized spacial score (nSPS) is 18.2. The van der Waals surface area contributed by atoms with Gasteiger partial charge >= 0.3 is 5.97 Å². The third-order valence-corrected chi connectivity index (χ3v) is 4.45. The Balaban J connectivity index is 2.34. The minimum Gasteiger partial charge on any atom is -0.497 e. The molecule has 1 aromatic rings. The first-order valence-corrected chi connectivity index (χ1v) is 7.67. The Hall–Kier alpha value is -1.55. The van der Waals surface area contributed by atoms with Gasteiger partial charge in [-0.25, -0.2) is 4.79 Å². The Kier molecular flexibility index (Phi) is 5.23. The largest absolute Gasteiger partial charge is 0.497 e. The van der Waals surface area contributed by atoms with Gasteiger partial charge in [0.1, 0.15) is 11.3 Å². The predicted molar refractivity (Wildman–Crippen MR) is 82.4 cm³/mol. The number of hydrogen-bond donors (Lipinski definition) is 1. The summed E-state index contributed by atoms with van der Waals surface area (Å²) in [6.07, 6.45) is 5.34. The topological polar surface area (TPSA) is 47.6 Å². The molecule has 4 nitrogen and oxygen atoms in total. The van der Waals surface area contributed by atoms with Crippen molar-refractivity contribution in [1.82, 2.24) is 5.32 Å². The second-order valence-electron chi connectivity index (χ2n) is 5.60. The molecule has 4 heteroatoms. The van der Waals surface area contributed by atoms with Crippen LogP contribution in [0, 0.1) is 0 Å². The molecule has 1 N–H and O–H groups in total. The maximum Gasteiger partial charge on any atom is 0.330 e. The summed E-state index contributed by atoms with van der Waals surface area (Å²) in [5.74, 6) is 0.566. The Morgan fingerprint density at radius 2 is 1.86 bits per heavy atom. The molecule has 1 aliphatic rings. The van der Waals surface area contributed by atoms with E-state index in [1.807, 2.05) is 31.2 Å². The number of rotatable bonds is 6. The summed E-state index contributed by atoms with van der Waals surface area (Å²) in [7, 11) is 3.09. The molecule has 0 heterocycles. The number of nitrogens with one attached hydrogen (secondary N) is 1. The van der Waals surface area contributed by atoms with E-state index in [0.717, 1.165) is 24.2 Å². The van der Waals surface area contributed by atoms with E-state index in [2.05, 4.69) is 5.32 Å². The van der Waals surface area contributed by atoms with Crippen LogP contribution in [-0.4, -0.2) is 26.2 Å². The van der Waals surface area contributed by atoms with Crippen molar-refractivity contribution in [2.45, 2.75) is 50.6 Å². The van der Waals surface area contributed by atoms with Gasteiger partial charge in [-0.2, -0.15) is 0 Å². The number of hydrogen-bond acceptors (Lipinski definition) is 4. The molecular formula is C17H25NO3. The number of carbonyl (C=O) groups excluding carboxylic acids is 1. The summed E-state index contributed by atoms with van der Waals surface area (Å²) < 4.78 is 10.3. The average molecular weight is 291 g/mol. The molecule has 0 bridgehead atoms. The summed E-state index contributed by atoms with van der Waals surface area (Å²) in [5, 5.41) is 3.57. The van der Waals surface area contributed by atoms with Crippen LogP contribution in [0.4, 0.5) is 0 Å². The summed E-state index contributed by atoms with van der Waals surface area (Å²) >= 11 is 0. The third-order valence-electron chi connectivity index (χ3n) is 4.45. The van der Waals surface area contributed by atoms with Crippen molar-refractivity contribution >= 4 is 5.97 Å². The molecule has 1 aromatic carbocycles. The van der Waals surface area contributed by atoms with Gasteiger partial charge in [0.2, 0.25) is 0 Å². The molecule has 1 saturated carbocycles. The molecule has 0 spiro atoms. The van der Waals surface area contributed by atoms with Gasteiger partial charge in [-0.05, 0) is 37.0 Å². The zero-order valence-corrected chi connectivity index (χ0v) is 13.1. The second-order valence-corrected chi connectivity index (χ2v) is 5.60. The first-order valence-electron chi connectivity index (χ1n) is 7.67. The van der Waals surface area contributed by atoms with Gasteiger partial charge in [-0.15, -0.1) is 0 Å². The van der Waals surface area contributed by atoms with Gasteiger partial charge in [0.15, 0.2) is 0 Å². The smallest absolute Gasteiger partial charge is 0.330 e. The van der Waals surface area contributed by atoms with Crippen LogP contribution in [0.1, 0.15) is 44.6 Å². The van der Waals surface area contributed by atoms with Crippen molar-refractivity contribution in [3.8, 4) is 5.75 Å². The molecule has 0 radical (unpaired) electrons. The Morgan fingerprint density at radius 3 is 2.33 bits per heavy atom. The standard InChI is InChI=1S/C17H25NO3/c1-4-17(16(19)21-3,18-14-7-5-6-8-14)13-9-11-15(20-2)12-10-13/h9-12,14,18H,4-8H2,1-3H3. The molecule has 1 atom stereocenters. The molecule has 0 aliphatic heterocycles. The first-order chi connectivity index (χ1) is 10.2. The highest BCUT2D eigenvalue weighted by atomic mass is 16.5. The summed E-state index contributed by atoms with van der Waals surface area (Å²) in [6, 6.07) is 8.05. The van der Waals surface area contributed by atoms with Gasteiger partial charge in [-0.3, -0.25) is 5.32 Å². The maximum absolute atomic E-state index is 12.5. The van der Waals surface area contributed by atoms with E-state index in [4.69, 9.17) is 9.47 Å². The molecule has 0 aromatic heterocycles. The molecule has 1 unspecified atom stereocenters. The zero-order chi connectivity index (χ0) is 15.3. The van der Waals surface area contributed by atoms with Crippen LogP contribution in [0.15, 0.2) is 24.3 Å². The Labute approximate surface area is 126 Å². The monoisotopic (exact) mass is 291 g/mol. The lowest BCUT2D eigenvalue weighted by Gasteiger charge is -2.34. The van der Waals surface area contributed by atoms with Gasteiger partial charge in [0.25, 0.3) is 0 Å². The Morgan fingerprint density at radius 1 is 1.24 bits per heavy atom. The molecule has 0 saturated heterocycles. The summed E-state index contributed by atoms with van der Waals surface area (Å²) in [4.78, 5) is 12.5. The van der Waals surface area contributed by atoms with Crippen LogP contribution in [-0.2, 0) is 15.1 Å². The van der Waals surface area contributed by atoms with Gasteiger partial charge in [0.05, 0.1) is 14.2 Å². The molecular weight excluding hydrogens is 266 g/mol. The van der Waals surface area contributed by atoms with Crippen molar-refractivity contribution in [1.29, 1.82) is 0 Å². The number of benzene rings is 1. The molecule has 1 fully saturated rings. The lowest BCUT2D eigenvalue weighted by Crippen LogP contribution is -2.53. The highest BCUT2D eigenvalue weighted by Crippen LogP contribution is 2.31. The average Bonchev–Trinajstić information content (AvgIpc) is 3.05. The van der Waals surface area contributed by atoms with E-state index < -0.39 is 5.54 Å². The van der Waals surface area contributed by atoms with Gasteiger partial charge in [0, 0.05) is 6.04 Å². The fraction of sp³-hybridized carbons (Fsp3) is 0.588. The molecule has 116 valence electrons. The number of ether oxygens (including phenoxy) is 2. The van der Waals surface area contributed by atoms with E-state index >= 15 is 0 Å². The fourth-order valence-corrected chi connectivity index (χ4v) is 3.18. The van der Waals surface area contributed by atoms with E-state index in [0.29, 0.717) is 12.5 Å². The highest BCUT2D eigenvalue weighted by molar-refractivity contribution is 5.82. The predicted octanol–water partition coefficient (Wildman–Crippen LogP) is 3.01. The lowest BCUT2D eigenvalue weighted by molar-refractivity contribution is -0.149. The minimum atomic E-state index is -0.768. The number of carbonyl (C=O) groups is 1. The molecule has 1 aliphatic carbocycles. The first kappa shape index (κ1) is 15.8. The summed E-state index contributed by atoms with van der Waals surface area (Å²) in [6.45, 7) is 2.02. The Bertz CT molecular complexity index is 465. The van der Waals surface area contributed by atoms with E-state index in [-0.39, 0.29) is 5.97 Å². The highest BCUT2D eigenvalue weighted by Gasteiger charge is 2.41. The zero-order valence-electron chi connectivity index (χ0n) is 13.1. The van der Waals surface area contributed by atoms with Gasteiger partial charge in [-0.1, -0.05) is 31.9 Å². The van der Waals surface area contributed by atoms with Crippen molar-refractivity contribution in [2.75, 3.05) is 14.2 Å². The van der Waals surface area contributed by atoms with Crippen LogP contribution in [0.5, 0.6) is 5.75 Å². The van der Waals surface area contributed by atoms with Crippen LogP contribution in [0.2, 0.25) is 0 Å². The number of methoxy groups -OCH3 is 2. The van der Waals surface area contributed by atoms with E-state index in [1.165, 1.54) is 20.0 Å². The molecule has 0 amide bonds. The maximum atomic E-state index is 12.5. The van der Waals surface area contributed by atoms with Crippen LogP contribution in [0.3, 0.4) is 0 Å². The molecule has 2 rings (SSSR count). The SMILES string of the molecule is CCC(NC1CCCC1)(C(=O)OC)c1ccc(OC)cc1. The van der Waals surface area contributed by atoms with Crippen molar-refractivity contribution in [3.05, 3.63) is 29.8 Å². The minimum absolute atomic E-state index is 0.220. The van der Waals surface area contributed by atoms with Crippen molar-refractivity contribution in [3.63, 3.8) is 0 Å². The van der Waals surface area contributed by atoms with Crippen LogP contribution < -0.4 is 10.1 Å². The third kappa shape index (κ3) is 3.21. The second kappa shape index (κ2) is 6.94. The van der Waals surface area contributed by atoms with Crippen molar-refractivity contribution < 1.29 is 14.3 Å². The van der Waals surface area contributed by atoms with Crippen molar-refractivity contribution in [2.24, 2.45) is 0 Å². The summed E-state index contributed by atoms with van der Waals surface area (Å²) in [5.41, 5.74) is 0.167. The quantitative estimate of drug-likeness (QED) is 0.819. The van der Waals surface area contributed by atoms with E-state index in [1.54, 1.807) is 7.11 Å². The van der Waals surface area contributed by atoms with E-state index in [9.17, 15) is 4.79 Å². The van der Waals surface area contributed by atoms with Crippen LogP contribution in [0.25, 0.3) is 0 Å². The fourth-order valence-electron chi connectivity index (χ4n) is 3.18.